The lowest BCUT2D eigenvalue weighted by molar-refractivity contribution is 0.559. The van der Waals surface area contributed by atoms with E-state index in [1.54, 1.807) is 20.8 Å². The normalized spacial score (nSPS) is 12.6. The Morgan fingerprint density at radius 3 is 2.29 bits per heavy atom. The number of aryl methyl sites for hydroxylation is 2. The Morgan fingerprint density at radius 1 is 1.24 bits per heavy atom. The fourth-order valence-corrected chi connectivity index (χ4v) is 3.02. The molecule has 0 radical (unpaired) electrons. The molecule has 0 aromatic carbocycles. The van der Waals surface area contributed by atoms with E-state index in [2.05, 4.69) is 15.1 Å². The van der Waals surface area contributed by atoms with Gasteiger partial charge in [-0.2, -0.15) is 10.1 Å². The van der Waals surface area contributed by atoms with Crippen LogP contribution in [0.25, 0.3) is 5.95 Å². The van der Waals surface area contributed by atoms with Crippen molar-refractivity contribution in [1.29, 1.82) is 0 Å². The van der Waals surface area contributed by atoms with Gasteiger partial charge in [-0.25, -0.2) is 18.1 Å². The zero-order chi connectivity index (χ0) is 16.0. The highest BCUT2D eigenvalue weighted by molar-refractivity contribution is 7.92. The lowest BCUT2D eigenvalue weighted by Gasteiger charge is -2.19. The quantitative estimate of drug-likeness (QED) is 0.900. The molecule has 0 spiro atoms. The molecule has 2 aromatic heterocycles. The Morgan fingerprint density at radius 2 is 1.86 bits per heavy atom. The molecule has 8 heteroatoms. The van der Waals surface area contributed by atoms with E-state index in [1.165, 1.54) is 10.9 Å². The maximum atomic E-state index is 12.4. The number of nitrogen functional groups attached to an aromatic ring is 1. The average Bonchev–Trinajstić information content (AvgIpc) is 2.66. The van der Waals surface area contributed by atoms with Gasteiger partial charge in [0.1, 0.15) is 10.7 Å². The van der Waals surface area contributed by atoms with Crippen molar-refractivity contribution in [3.05, 3.63) is 23.7 Å². The fourth-order valence-electron chi connectivity index (χ4n) is 1.84. The predicted octanol–water partition coefficient (Wildman–Crippen LogP) is 1.43. The summed E-state index contributed by atoms with van der Waals surface area (Å²) in [6, 6.07) is 1.87. The van der Waals surface area contributed by atoms with Gasteiger partial charge in [-0.1, -0.05) is 0 Å². The van der Waals surface area contributed by atoms with Gasteiger partial charge in [-0.3, -0.25) is 0 Å². The molecule has 0 aliphatic rings. The number of sulfone groups is 1. The third kappa shape index (κ3) is 2.63. The van der Waals surface area contributed by atoms with Crippen LogP contribution < -0.4 is 5.73 Å². The molecule has 2 rings (SSSR count). The molecule has 114 valence electrons. The van der Waals surface area contributed by atoms with Gasteiger partial charge in [0.05, 0.1) is 16.6 Å². The molecule has 2 aromatic rings. The second kappa shape index (κ2) is 4.80. The highest BCUT2D eigenvalue weighted by Crippen LogP contribution is 2.27. The first-order valence-corrected chi connectivity index (χ1v) is 7.93. The molecule has 0 amide bonds. The van der Waals surface area contributed by atoms with Crippen LogP contribution in [0.5, 0.6) is 0 Å². The molecule has 21 heavy (non-hydrogen) atoms. The summed E-state index contributed by atoms with van der Waals surface area (Å²) in [6.45, 7) is 8.54. The standard InChI is InChI=1S/C13H19N5O2S/c1-8-6-9(2)18(17-8)12-15-7-10(11(14)16-12)21(19,20)13(3,4)5/h6-7H,1-5H3,(H2,14,15,16). The van der Waals surface area contributed by atoms with Crippen LogP contribution in [0.4, 0.5) is 5.82 Å². The number of anilines is 1. The minimum atomic E-state index is -3.59. The summed E-state index contributed by atoms with van der Waals surface area (Å²) in [5, 5.41) is 4.25. The molecular formula is C13H19N5O2S. The molecule has 7 nitrogen and oxygen atoms in total. The molecule has 0 atom stereocenters. The van der Waals surface area contributed by atoms with Gasteiger partial charge < -0.3 is 5.73 Å². The van der Waals surface area contributed by atoms with Crippen molar-refractivity contribution in [2.75, 3.05) is 5.73 Å². The smallest absolute Gasteiger partial charge is 0.252 e. The highest BCUT2D eigenvalue weighted by Gasteiger charge is 2.33. The summed E-state index contributed by atoms with van der Waals surface area (Å²) in [5.41, 5.74) is 7.49. The van der Waals surface area contributed by atoms with Crippen molar-refractivity contribution < 1.29 is 8.42 Å². The number of hydrogen-bond donors (Lipinski definition) is 1. The third-order valence-electron chi connectivity index (χ3n) is 3.06. The highest BCUT2D eigenvalue weighted by atomic mass is 32.2. The Hall–Kier alpha value is -1.96. The number of aromatic nitrogens is 4. The first kappa shape index (κ1) is 15.4. The zero-order valence-electron chi connectivity index (χ0n) is 12.7. The first-order chi connectivity index (χ1) is 9.54. The summed E-state index contributed by atoms with van der Waals surface area (Å²) in [7, 11) is -3.59. The van der Waals surface area contributed by atoms with Gasteiger partial charge in [-0.15, -0.1) is 0 Å². The summed E-state index contributed by atoms with van der Waals surface area (Å²) >= 11 is 0. The minimum Gasteiger partial charge on any atom is -0.382 e. The van der Waals surface area contributed by atoms with Gasteiger partial charge >= 0.3 is 0 Å². The number of hydrogen-bond acceptors (Lipinski definition) is 6. The molecule has 2 heterocycles. The van der Waals surface area contributed by atoms with Crippen molar-refractivity contribution >= 4 is 15.7 Å². The Bertz CT molecular complexity index is 787. The Labute approximate surface area is 124 Å². The predicted molar refractivity (Wildman–Crippen MR) is 80.0 cm³/mol. The molecule has 0 fully saturated rings. The first-order valence-electron chi connectivity index (χ1n) is 6.45. The van der Waals surface area contributed by atoms with E-state index in [4.69, 9.17) is 5.73 Å². The summed E-state index contributed by atoms with van der Waals surface area (Å²) in [4.78, 5) is 8.12. The second-order valence-electron chi connectivity index (χ2n) is 5.87. The minimum absolute atomic E-state index is 0.0553. The molecule has 0 aliphatic heterocycles. The van der Waals surface area contributed by atoms with Crippen LogP contribution in [0.2, 0.25) is 0 Å². The van der Waals surface area contributed by atoms with E-state index < -0.39 is 14.6 Å². The molecule has 0 saturated carbocycles. The van der Waals surface area contributed by atoms with E-state index >= 15 is 0 Å². The molecule has 0 unspecified atom stereocenters. The molecule has 0 bridgehead atoms. The largest absolute Gasteiger partial charge is 0.382 e. The lowest BCUT2D eigenvalue weighted by Crippen LogP contribution is -2.29. The maximum Gasteiger partial charge on any atom is 0.252 e. The summed E-state index contributed by atoms with van der Waals surface area (Å²) in [6.07, 6.45) is 1.24. The number of nitrogens with two attached hydrogens (primary N) is 1. The summed E-state index contributed by atoms with van der Waals surface area (Å²) in [5.74, 6) is 0.188. The lowest BCUT2D eigenvalue weighted by atomic mass is 10.3. The van der Waals surface area contributed by atoms with Gasteiger partial charge in [-0.05, 0) is 40.7 Å². The average molecular weight is 309 g/mol. The van der Waals surface area contributed by atoms with Crippen LogP contribution in [0, 0.1) is 13.8 Å². The van der Waals surface area contributed by atoms with E-state index in [-0.39, 0.29) is 16.7 Å². The van der Waals surface area contributed by atoms with Gasteiger partial charge in [0, 0.05) is 5.69 Å². The molecule has 0 saturated heterocycles. The zero-order valence-corrected chi connectivity index (χ0v) is 13.6. The van der Waals surface area contributed by atoms with E-state index in [0.717, 1.165) is 11.4 Å². The Balaban J connectivity index is 2.56. The second-order valence-corrected chi connectivity index (χ2v) is 8.55. The van der Waals surface area contributed by atoms with Crippen LogP contribution in [0.1, 0.15) is 32.2 Å². The van der Waals surface area contributed by atoms with E-state index in [0.29, 0.717) is 0 Å². The third-order valence-corrected chi connectivity index (χ3v) is 5.57. The number of rotatable bonds is 2. The van der Waals surface area contributed by atoms with E-state index in [9.17, 15) is 8.42 Å². The van der Waals surface area contributed by atoms with Crippen molar-refractivity contribution in [2.45, 2.75) is 44.3 Å². The van der Waals surface area contributed by atoms with Crippen LogP contribution in [0.15, 0.2) is 17.2 Å². The van der Waals surface area contributed by atoms with Gasteiger partial charge in [0.25, 0.3) is 5.95 Å². The van der Waals surface area contributed by atoms with Crippen molar-refractivity contribution in [3.8, 4) is 5.95 Å². The van der Waals surface area contributed by atoms with Crippen LogP contribution in [-0.2, 0) is 9.84 Å². The van der Waals surface area contributed by atoms with E-state index in [1.807, 2.05) is 19.9 Å². The maximum absolute atomic E-state index is 12.4. The van der Waals surface area contributed by atoms with Crippen molar-refractivity contribution in [3.63, 3.8) is 0 Å². The number of nitrogens with zero attached hydrogens (tertiary/aromatic N) is 4. The Kier molecular flexibility index (Phi) is 3.53. The fraction of sp³-hybridized carbons (Fsp3) is 0.462. The van der Waals surface area contributed by atoms with Crippen molar-refractivity contribution in [1.82, 2.24) is 19.7 Å². The van der Waals surface area contributed by atoms with Crippen LogP contribution >= 0.6 is 0 Å². The van der Waals surface area contributed by atoms with Crippen molar-refractivity contribution in [2.24, 2.45) is 0 Å². The summed E-state index contributed by atoms with van der Waals surface area (Å²) < 4.78 is 25.4. The topological polar surface area (TPSA) is 104 Å². The van der Waals surface area contributed by atoms with Gasteiger partial charge in [0.15, 0.2) is 9.84 Å². The van der Waals surface area contributed by atoms with Crippen LogP contribution in [-0.4, -0.2) is 32.9 Å². The van der Waals surface area contributed by atoms with Gasteiger partial charge in [0.2, 0.25) is 0 Å². The SMILES string of the molecule is Cc1cc(C)n(-c2ncc(S(=O)(=O)C(C)(C)C)c(N)n2)n1. The molecular weight excluding hydrogens is 290 g/mol. The monoisotopic (exact) mass is 309 g/mol. The van der Waals surface area contributed by atoms with Crippen LogP contribution in [0.3, 0.4) is 0 Å². The molecule has 2 N–H and O–H groups in total. The molecule has 0 aliphatic carbocycles.